The van der Waals surface area contributed by atoms with E-state index < -0.39 is 11.5 Å². The Kier molecular flexibility index (Phi) is 3.86. The van der Waals surface area contributed by atoms with E-state index in [1.165, 1.54) is 0 Å². The largest absolute Gasteiger partial charge is 0.386 e. The number of carbonyl (C=O) groups is 1. The fourth-order valence-electron chi connectivity index (χ4n) is 2.20. The highest BCUT2D eigenvalue weighted by Gasteiger charge is 2.22. The monoisotopic (exact) mass is 274 g/mol. The van der Waals surface area contributed by atoms with E-state index >= 15 is 0 Å². The molecule has 2 N–H and O–H groups in total. The highest BCUT2D eigenvalue weighted by molar-refractivity contribution is 5.84. The Morgan fingerprint density at radius 1 is 1.35 bits per heavy atom. The van der Waals surface area contributed by atoms with Crippen LogP contribution in [0.5, 0.6) is 0 Å². The molecule has 0 saturated heterocycles. The molecule has 20 heavy (non-hydrogen) atoms. The van der Waals surface area contributed by atoms with Crippen molar-refractivity contribution in [2.24, 2.45) is 12.5 Å². The Morgan fingerprint density at radius 2 is 2.00 bits per heavy atom. The van der Waals surface area contributed by atoms with Crippen LogP contribution in [0.15, 0.2) is 30.5 Å². The van der Waals surface area contributed by atoms with Crippen LogP contribution in [0.3, 0.4) is 0 Å². The number of carbonyl (C=O) groups excluding carboxylic acids is 1. The van der Waals surface area contributed by atoms with Gasteiger partial charge in [-0.15, -0.1) is 0 Å². The van der Waals surface area contributed by atoms with Crippen molar-refractivity contribution in [1.29, 1.82) is 0 Å². The molecule has 0 fully saturated rings. The average molecular weight is 274 g/mol. The molecule has 108 valence electrons. The van der Waals surface area contributed by atoms with Crippen molar-refractivity contribution in [3.05, 3.63) is 36.0 Å². The van der Waals surface area contributed by atoms with Gasteiger partial charge < -0.3 is 15.0 Å². The maximum Gasteiger partial charge on any atom is 0.225 e. The average Bonchev–Trinajstić information content (AvgIpc) is 2.72. The van der Waals surface area contributed by atoms with Crippen molar-refractivity contribution in [3.8, 4) is 0 Å². The summed E-state index contributed by atoms with van der Waals surface area (Å²) in [7, 11) is 1.95. The lowest BCUT2D eigenvalue weighted by Crippen LogP contribution is -2.37. The molecule has 0 spiro atoms. The van der Waals surface area contributed by atoms with Gasteiger partial charge in [0.2, 0.25) is 5.91 Å². The zero-order chi connectivity index (χ0) is 14.9. The summed E-state index contributed by atoms with van der Waals surface area (Å²) in [6.45, 7) is 5.79. The fourth-order valence-corrected chi connectivity index (χ4v) is 2.20. The third-order valence-corrected chi connectivity index (χ3v) is 3.42. The molecular weight excluding hydrogens is 252 g/mol. The Morgan fingerprint density at radius 3 is 2.65 bits per heavy atom. The molecule has 1 heterocycles. The number of aliphatic hydroxyl groups is 1. The first kappa shape index (κ1) is 14.6. The quantitative estimate of drug-likeness (QED) is 0.903. The Balaban J connectivity index is 2.16. The van der Waals surface area contributed by atoms with Crippen LogP contribution in [0.4, 0.5) is 0 Å². The maximum absolute atomic E-state index is 11.8. The second kappa shape index (κ2) is 5.29. The molecule has 0 bridgehead atoms. The standard InChI is InChI=1S/C16H22N2O2/c1-16(2,3)15(20)17-9-14(19)12-10-18(4)13-8-6-5-7-11(12)13/h5-8,10,14,19H,9H2,1-4H3,(H,17,20)/t14-/m1/s1. The van der Waals surface area contributed by atoms with Gasteiger partial charge in [0.1, 0.15) is 0 Å². The lowest BCUT2D eigenvalue weighted by atomic mass is 9.95. The molecule has 0 aliphatic carbocycles. The molecule has 0 aliphatic heterocycles. The molecule has 1 atom stereocenters. The van der Waals surface area contributed by atoms with E-state index in [1.807, 2.05) is 62.8 Å². The molecule has 0 radical (unpaired) electrons. The van der Waals surface area contributed by atoms with E-state index in [2.05, 4.69) is 5.32 Å². The van der Waals surface area contributed by atoms with Crippen molar-refractivity contribution in [2.45, 2.75) is 26.9 Å². The van der Waals surface area contributed by atoms with Crippen molar-refractivity contribution >= 4 is 16.8 Å². The van der Waals surface area contributed by atoms with Crippen LogP contribution >= 0.6 is 0 Å². The summed E-state index contributed by atoms with van der Waals surface area (Å²) < 4.78 is 1.99. The smallest absolute Gasteiger partial charge is 0.225 e. The first-order chi connectivity index (χ1) is 9.30. The number of aliphatic hydroxyl groups excluding tert-OH is 1. The van der Waals surface area contributed by atoms with Gasteiger partial charge in [0, 0.05) is 41.7 Å². The van der Waals surface area contributed by atoms with Crippen molar-refractivity contribution in [1.82, 2.24) is 9.88 Å². The normalized spacial score (nSPS) is 13.4. The summed E-state index contributed by atoms with van der Waals surface area (Å²) in [5.74, 6) is -0.0585. The van der Waals surface area contributed by atoms with Crippen LogP contribution in [0.2, 0.25) is 0 Å². The van der Waals surface area contributed by atoms with Crippen LogP contribution in [0.25, 0.3) is 10.9 Å². The van der Waals surface area contributed by atoms with Crippen LogP contribution in [-0.2, 0) is 11.8 Å². The molecule has 1 aromatic heterocycles. The third-order valence-electron chi connectivity index (χ3n) is 3.42. The molecule has 0 unspecified atom stereocenters. The Hall–Kier alpha value is -1.81. The zero-order valence-corrected chi connectivity index (χ0v) is 12.5. The second-order valence-corrected chi connectivity index (χ2v) is 6.19. The summed E-state index contributed by atoms with van der Waals surface area (Å²) in [6.07, 6.45) is 1.21. The van der Waals surface area contributed by atoms with E-state index in [9.17, 15) is 9.90 Å². The molecule has 0 aliphatic rings. The number of aryl methyl sites for hydroxylation is 1. The molecular formula is C16H22N2O2. The van der Waals surface area contributed by atoms with Crippen molar-refractivity contribution in [3.63, 3.8) is 0 Å². The number of aromatic nitrogens is 1. The maximum atomic E-state index is 11.8. The van der Waals surface area contributed by atoms with Gasteiger partial charge in [-0.3, -0.25) is 4.79 Å². The number of hydrogen-bond acceptors (Lipinski definition) is 2. The summed E-state index contributed by atoms with van der Waals surface area (Å²) in [6, 6.07) is 7.92. The van der Waals surface area contributed by atoms with Gasteiger partial charge in [-0.1, -0.05) is 39.0 Å². The minimum absolute atomic E-state index is 0.0585. The number of nitrogens with one attached hydrogen (secondary N) is 1. The summed E-state index contributed by atoms with van der Waals surface area (Å²) in [5, 5.41) is 14.1. The van der Waals surface area contributed by atoms with Crippen LogP contribution in [0, 0.1) is 5.41 Å². The van der Waals surface area contributed by atoms with E-state index in [-0.39, 0.29) is 12.5 Å². The van der Waals surface area contributed by atoms with Crippen LogP contribution < -0.4 is 5.32 Å². The van der Waals surface area contributed by atoms with Crippen LogP contribution in [0.1, 0.15) is 32.4 Å². The van der Waals surface area contributed by atoms with E-state index in [1.54, 1.807) is 0 Å². The minimum atomic E-state index is -0.701. The number of para-hydroxylation sites is 1. The van der Waals surface area contributed by atoms with E-state index in [4.69, 9.17) is 0 Å². The van der Waals surface area contributed by atoms with Gasteiger partial charge in [-0.05, 0) is 6.07 Å². The predicted molar refractivity (Wildman–Crippen MR) is 80.3 cm³/mol. The molecule has 0 saturated carbocycles. The number of hydrogen-bond donors (Lipinski definition) is 2. The van der Waals surface area contributed by atoms with E-state index in [0.29, 0.717) is 0 Å². The first-order valence-electron chi connectivity index (χ1n) is 6.81. The summed E-state index contributed by atoms with van der Waals surface area (Å²) in [5.41, 5.74) is 1.47. The summed E-state index contributed by atoms with van der Waals surface area (Å²) in [4.78, 5) is 11.8. The van der Waals surface area contributed by atoms with Gasteiger partial charge in [0.15, 0.2) is 0 Å². The number of amides is 1. The van der Waals surface area contributed by atoms with Gasteiger partial charge in [-0.25, -0.2) is 0 Å². The molecule has 1 amide bonds. The topological polar surface area (TPSA) is 54.3 Å². The SMILES string of the molecule is Cn1cc([C@H](O)CNC(=O)C(C)(C)C)c2ccccc21. The van der Waals surface area contributed by atoms with Gasteiger partial charge in [-0.2, -0.15) is 0 Å². The number of benzene rings is 1. The minimum Gasteiger partial charge on any atom is -0.386 e. The predicted octanol–water partition coefficient (Wildman–Crippen LogP) is 2.37. The van der Waals surface area contributed by atoms with Crippen molar-refractivity contribution in [2.75, 3.05) is 6.54 Å². The molecule has 2 rings (SSSR count). The summed E-state index contributed by atoms with van der Waals surface area (Å²) >= 11 is 0. The van der Waals surface area contributed by atoms with Crippen LogP contribution in [-0.4, -0.2) is 22.1 Å². The molecule has 1 aromatic carbocycles. The Bertz CT molecular complexity index is 623. The molecule has 4 heteroatoms. The highest BCUT2D eigenvalue weighted by Crippen LogP contribution is 2.25. The van der Waals surface area contributed by atoms with Crippen molar-refractivity contribution < 1.29 is 9.90 Å². The van der Waals surface area contributed by atoms with Gasteiger partial charge in [0.05, 0.1) is 6.10 Å². The fraction of sp³-hybridized carbons (Fsp3) is 0.438. The van der Waals surface area contributed by atoms with E-state index in [0.717, 1.165) is 16.5 Å². The molecule has 4 nitrogen and oxygen atoms in total. The molecule has 2 aromatic rings. The first-order valence-corrected chi connectivity index (χ1v) is 6.81. The Labute approximate surface area is 119 Å². The third kappa shape index (κ3) is 2.85. The lowest BCUT2D eigenvalue weighted by Gasteiger charge is -2.19. The van der Waals surface area contributed by atoms with Gasteiger partial charge in [0.25, 0.3) is 0 Å². The highest BCUT2D eigenvalue weighted by atomic mass is 16.3. The number of fused-ring (bicyclic) bond motifs is 1. The lowest BCUT2D eigenvalue weighted by molar-refractivity contribution is -0.128. The number of nitrogens with zero attached hydrogens (tertiary/aromatic N) is 1. The number of rotatable bonds is 3. The van der Waals surface area contributed by atoms with Gasteiger partial charge >= 0.3 is 0 Å². The second-order valence-electron chi connectivity index (χ2n) is 6.19. The zero-order valence-electron chi connectivity index (χ0n) is 12.5.